The summed E-state index contributed by atoms with van der Waals surface area (Å²) in [6.07, 6.45) is 3.58. The third kappa shape index (κ3) is 9.55. The number of hydrogen-bond donors (Lipinski definition) is 2. The summed E-state index contributed by atoms with van der Waals surface area (Å²) >= 11 is 0. The third-order valence-corrected chi connectivity index (χ3v) is 4.32. The molecule has 5 nitrogen and oxygen atoms in total. The Kier molecular flexibility index (Phi) is 8.82. The average molecular weight is 354 g/mol. The van der Waals surface area contributed by atoms with Crippen molar-refractivity contribution in [2.75, 3.05) is 19.3 Å². The fourth-order valence-electron chi connectivity index (χ4n) is 2.27. The molecule has 0 heterocycles. The van der Waals surface area contributed by atoms with E-state index < -0.39 is 9.84 Å². The molecule has 0 spiro atoms. The first-order chi connectivity index (χ1) is 11.3. The van der Waals surface area contributed by atoms with Crippen LogP contribution in [0.1, 0.15) is 44.7 Å². The lowest BCUT2D eigenvalue weighted by Crippen LogP contribution is -2.37. The molecule has 0 bridgehead atoms. The Morgan fingerprint density at radius 1 is 1.12 bits per heavy atom. The summed E-state index contributed by atoms with van der Waals surface area (Å²) < 4.78 is 22.6. The van der Waals surface area contributed by atoms with Gasteiger partial charge in [-0.15, -0.1) is 0 Å². The molecule has 0 amide bonds. The quantitative estimate of drug-likeness (QED) is 0.407. The fraction of sp³-hybridized carbons (Fsp3) is 0.611. The molecule has 0 aliphatic carbocycles. The van der Waals surface area contributed by atoms with Crippen molar-refractivity contribution >= 4 is 15.8 Å². The molecule has 1 rings (SSSR count). The summed E-state index contributed by atoms with van der Waals surface area (Å²) in [5, 5.41) is 6.59. The Morgan fingerprint density at radius 3 is 2.29 bits per heavy atom. The van der Waals surface area contributed by atoms with Gasteiger partial charge in [0.2, 0.25) is 0 Å². The molecule has 0 aliphatic rings. The van der Waals surface area contributed by atoms with Crippen molar-refractivity contribution in [2.45, 2.75) is 45.9 Å². The maximum atomic E-state index is 11.3. The van der Waals surface area contributed by atoms with Crippen LogP contribution in [-0.4, -0.2) is 33.7 Å². The summed E-state index contributed by atoms with van der Waals surface area (Å²) in [4.78, 5) is 4.58. The second kappa shape index (κ2) is 10.3. The van der Waals surface area contributed by atoms with Gasteiger partial charge in [-0.2, -0.15) is 0 Å². The van der Waals surface area contributed by atoms with E-state index in [0.717, 1.165) is 42.5 Å². The molecular weight excluding hydrogens is 322 g/mol. The number of hydrogen-bond acceptors (Lipinski definition) is 3. The van der Waals surface area contributed by atoms with Crippen molar-refractivity contribution in [3.05, 3.63) is 35.4 Å². The van der Waals surface area contributed by atoms with Gasteiger partial charge in [0.1, 0.15) is 0 Å². The number of nitrogens with one attached hydrogen (secondary N) is 2. The van der Waals surface area contributed by atoms with E-state index in [-0.39, 0.29) is 5.75 Å². The fourth-order valence-corrected chi connectivity index (χ4v) is 3.07. The molecule has 2 N–H and O–H groups in total. The van der Waals surface area contributed by atoms with Crippen LogP contribution in [0.3, 0.4) is 0 Å². The minimum Gasteiger partial charge on any atom is -0.357 e. The van der Waals surface area contributed by atoms with Crippen LogP contribution in [0.15, 0.2) is 29.3 Å². The van der Waals surface area contributed by atoms with Gasteiger partial charge in [-0.05, 0) is 36.8 Å². The maximum absolute atomic E-state index is 11.3. The summed E-state index contributed by atoms with van der Waals surface area (Å²) in [6.45, 7) is 8.81. The molecule has 0 saturated heterocycles. The van der Waals surface area contributed by atoms with Crippen LogP contribution >= 0.6 is 0 Å². The van der Waals surface area contributed by atoms with Gasteiger partial charge in [-0.25, -0.2) is 13.4 Å². The van der Waals surface area contributed by atoms with Crippen LogP contribution < -0.4 is 10.6 Å². The predicted molar refractivity (Wildman–Crippen MR) is 102 cm³/mol. The van der Waals surface area contributed by atoms with E-state index in [0.29, 0.717) is 6.54 Å². The topological polar surface area (TPSA) is 70.6 Å². The van der Waals surface area contributed by atoms with Crippen molar-refractivity contribution in [1.82, 2.24) is 10.6 Å². The smallest absolute Gasteiger partial charge is 0.191 e. The molecule has 0 radical (unpaired) electrons. The third-order valence-electron chi connectivity index (χ3n) is 3.47. The van der Waals surface area contributed by atoms with Gasteiger partial charge in [0.15, 0.2) is 15.8 Å². The van der Waals surface area contributed by atoms with Crippen LogP contribution in [-0.2, 0) is 22.1 Å². The van der Waals surface area contributed by atoms with E-state index in [4.69, 9.17) is 0 Å². The van der Waals surface area contributed by atoms with Crippen LogP contribution in [0.5, 0.6) is 0 Å². The molecule has 6 heteroatoms. The zero-order valence-electron chi connectivity index (χ0n) is 15.3. The standard InChI is InChI=1S/C18H31N3O2S/c1-5-19-18(20-12-6-7-15(2)3)21-13-16-8-10-17(11-9-16)14-24(4,22)23/h8-11,15H,5-7,12-14H2,1-4H3,(H2,19,20,21). The number of sulfone groups is 1. The van der Waals surface area contributed by atoms with E-state index in [1.807, 2.05) is 31.2 Å². The highest BCUT2D eigenvalue weighted by Gasteiger charge is 2.04. The highest BCUT2D eigenvalue weighted by molar-refractivity contribution is 7.89. The van der Waals surface area contributed by atoms with E-state index in [9.17, 15) is 8.42 Å². The number of nitrogens with zero attached hydrogens (tertiary/aromatic N) is 1. The zero-order valence-corrected chi connectivity index (χ0v) is 16.1. The Hall–Kier alpha value is -1.56. The number of guanidine groups is 1. The maximum Gasteiger partial charge on any atom is 0.191 e. The van der Waals surface area contributed by atoms with E-state index in [2.05, 4.69) is 29.5 Å². The van der Waals surface area contributed by atoms with E-state index in [1.165, 1.54) is 12.7 Å². The second-order valence-electron chi connectivity index (χ2n) is 6.54. The van der Waals surface area contributed by atoms with Crippen LogP contribution in [0.2, 0.25) is 0 Å². The van der Waals surface area contributed by atoms with E-state index >= 15 is 0 Å². The zero-order chi connectivity index (χ0) is 18.0. The second-order valence-corrected chi connectivity index (χ2v) is 8.68. The minimum atomic E-state index is -2.99. The normalized spacial score (nSPS) is 12.5. The Balaban J connectivity index is 2.55. The van der Waals surface area contributed by atoms with Gasteiger partial charge in [0.05, 0.1) is 12.3 Å². The minimum absolute atomic E-state index is 0.0800. The highest BCUT2D eigenvalue weighted by atomic mass is 32.2. The van der Waals surface area contributed by atoms with Crippen molar-refractivity contribution in [1.29, 1.82) is 0 Å². The first kappa shape index (κ1) is 20.5. The van der Waals surface area contributed by atoms with Crippen molar-refractivity contribution in [3.8, 4) is 0 Å². The predicted octanol–water partition coefficient (Wildman–Crippen LogP) is 2.72. The molecule has 0 saturated carbocycles. The van der Waals surface area contributed by atoms with Crippen molar-refractivity contribution in [3.63, 3.8) is 0 Å². The van der Waals surface area contributed by atoms with Crippen LogP contribution in [0.4, 0.5) is 0 Å². The number of benzene rings is 1. The van der Waals surface area contributed by atoms with Gasteiger partial charge in [-0.1, -0.05) is 38.1 Å². The molecule has 0 aromatic heterocycles. The van der Waals surface area contributed by atoms with Gasteiger partial charge in [0.25, 0.3) is 0 Å². The lowest BCUT2D eigenvalue weighted by atomic mass is 10.1. The van der Waals surface area contributed by atoms with Crippen LogP contribution in [0.25, 0.3) is 0 Å². The lowest BCUT2D eigenvalue weighted by molar-refractivity contribution is 0.549. The summed E-state index contributed by atoms with van der Waals surface area (Å²) in [5.41, 5.74) is 1.87. The summed E-state index contributed by atoms with van der Waals surface area (Å²) in [6, 6.07) is 7.59. The molecule has 136 valence electrons. The molecule has 24 heavy (non-hydrogen) atoms. The molecule has 0 atom stereocenters. The molecule has 0 fully saturated rings. The van der Waals surface area contributed by atoms with Gasteiger partial charge in [-0.3, -0.25) is 0 Å². The van der Waals surface area contributed by atoms with Crippen molar-refractivity contribution < 1.29 is 8.42 Å². The molecule has 1 aromatic rings. The van der Waals surface area contributed by atoms with E-state index in [1.54, 1.807) is 0 Å². The Bertz CT molecular complexity index is 608. The lowest BCUT2D eigenvalue weighted by Gasteiger charge is -2.12. The average Bonchev–Trinajstić information content (AvgIpc) is 2.48. The molecule has 0 aliphatic heterocycles. The molecule has 1 aromatic carbocycles. The largest absolute Gasteiger partial charge is 0.357 e. The van der Waals surface area contributed by atoms with Crippen molar-refractivity contribution in [2.24, 2.45) is 10.9 Å². The SMILES string of the molecule is CCNC(=NCc1ccc(CS(C)(=O)=O)cc1)NCCCC(C)C. The monoisotopic (exact) mass is 353 g/mol. The van der Waals surface area contributed by atoms with Gasteiger partial charge in [0, 0.05) is 19.3 Å². The first-order valence-electron chi connectivity index (χ1n) is 8.58. The van der Waals surface area contributed by atoms with Gasteiger partial charge < -0.3 is 10.6 Å². The van der Waals surface area contributed by atoms with Crippen LogP contribution in [0, 0.1) is 5.92 Å². The number of rotatable bonds is 9. The summed E-state index contributed by atoms with van der Waals surface area (Å²) in [5.74, 6) is 1.62. The Labute approximate surface area is 146 Å². The summed E-state index contributed by atoms with van der Waals surface area (Å²) in [7, 11) is -2.99. The van der Waals surface area contributed by atoms with Gasteiger partial charge >= 0.3 is 0 Å². The first-order valence-corrected chi connectivity index (χ1v) is 10.6. The Morgan fingerprint density at radius 2 is 1.75 bits per heavy atom. The highest BCUT2D eigenvalue weighted by Crippen LogP contribution is 2.09. The molecular formula is C18H31N3O2S. The number of aliphatic imine (C=N–C) groups is 1. The molecule has 0 unspecified atom stereocenters.